The smallest absolute Gasteiger partial charge is 0.192 e. The summed E-state index contributed by atoms with van der Waals surface area (Å²) in [5.41, 5.74) is 6.03. The van der Waals surface area contributed by atoms with Gasteiger partial charge in [0.1, 0.15) is 0 Å². The Bertz CT molecular complexity index is 584. The van der Waals surface area contributed by atoms with Crippen LogP contribution in [0, 0.1) is 0 Å². The number of rotatable bonds is 5. The number of amidine groups is 1. The molecule has 0 spiro atoms. The van der Waals surface area contributed by atoms with Crippen LogP contribution in [0.3, 0.4) is 0 Å². The molecule has 20 heavy (non-hydrogen) atoms. The fraction of sp³-hybridized carbons (Fsp3) is 0.308. The van der Waals surface area contributed by atoms with Gasteiger partial charge in [0.2, 0.25) is 0 Å². The molecule has 0 bridgehead atoms. The summed E-state index contributed by atoms with van der Waals surface area (Å²) in [4.78, 5) is 11.7. The molecule has 0 amide bonds. The summed E-state index contributed by atoms with van der Waals surface area (Å²) in [7, 11) is 1.93. The molecule has 0 fully saturated rings. The van der Waals surface area contributed by atoms with Crippen molar-refractivity contribution in [2.75, 3.05) is 11.9 Å². The van der Waals surface area contributed by atoms with Crippen LogP contribution in [0.25, 0.3) is 0 Å². The average molecular weight is 291 g/mol. The van der Waals surface area contributed by atoms with Crippen molar-refractivity contribution in [3.63, 3.8) is 0 Å². The van der Waals surface area contributed by atoms with Gasteiger partial charge in [-0.3, -0.25) is 0 Å². The molecule has 0 aromatic carbocycles. The van der Waals surface area contributed by atoms with Gasteiger partial charge in [-0.15, -0.1) is 11.3 Å². The lowest BCUT2D eigenvalue weighted by atomic mass is 10.2. The van der Waals surface area contributed by atoms with Gasteiger partial charge in [-0.1, -0.05) is 11.2 Å². The van der Waals surface area contributed by atoms with Gasteiger partial charge < -0.3 is 15.8 Å². The Morgan fingerprint density at radius 1 is 1.50 bits per heavy atom. The summed E-state index contributed by atoms with van der Waals surface area (Å²) in [6.45, 7) is 2.10. The second kappa shape index (κ2) is 6.33. The highest BCUT2D eigenvalue weighted by Crippen LogP contribution is 2.19. The van der Waals surface area contributed by atoms with Gasteiger partial charge in [0.25, 0.3) is 0 Å². The number of likely N-dealkylation sites (N-methyl/N-ethyl adjacent to an activating group) is 1. The molecule has 7 heteroatoms. The van der Waals surface area contributed by atoms with Crippen molar-refractivity contribution < 1.29 is 5.21 Å². The minimum Gasteiger partial charge on any atom is -0.409 e. The first-order chi connectivity index (χ1) is 9.63. The van der Waals surface area contributed by atoms with E-state index in [4.69, 9.17) is 10.9 Å². The lowest BCUT2D eigenvalue weighted by Crippen LogP contribution is -2.33. The third-order valence-electron chi connectivity index (χ3n) is 3.10. The van der Waals surface area contributed by atoms with Crippen LogP contribution in [-0.4, -0.2) is 34.1 Å². The Hall–Kier alpha value is -2.15. The van der Waals surface area contributed by atoms with E-state index in [9.17, 15) is 0 Å². The van der Waals surface area contributed by atoms with Crippen LogP contribution in [0.2, 0.25) is 0 Å². The topological polar surface area (TPSA) is 87.6 Å². The van der Waals surface area contributed by atoms with Crippen molar-refractivity contribution in [3.05, 3.63) is 40.5 Å². The predicted octanol–water partition coefficient (Wildman–Crippen LogP) is 1.70. The van der Waals surface area contributed by atoms with Crippen LogP contribution in [0.15, 0.2) is 35.1 Å². The van der Waals surface area contributed by atoms with E-state index in [-0.39, 0.29) is 11.9 Å². The van der Waals surface area contributed by atoms with Crippen molar-refractivity contribution in [3.8, 4) is 0 Å². The first-order valence-electron chi connectivity index (χ1n) is 6.17. The summed E-state index contributed by atoms with van der Waals surface area (Å²) in [5.74, 6) is 0.565. The molecule has 106 valence electrons. The average Bonchev–Trinajstić information content (AvgIpc) is 2.98. The fourth-order valence-corrected chi connectivity index (χ4v) is 2.71. The molecule has 0 radical (unpaired) electrons. The van der Waals surface area contributed by atoms with Crippen molar-refractivity contribution in [1.29, 1.82) is 0 Å². The number of nitrogens with two attached hydrogens (primary N) is 1. The van der Waals surface area contributed by atoms with Gasteiger partial charge in [-0.25, -0.2) is 9.97 Å². The molecule has 0 saturated heterocycles. The number of thiophene rings is 1. The lowest BCUT2D eigenvalue weighted by Gasteiger charge is -2.26. The fourth-order valence-electron chi connectivity index (χ4n) is 1.88. The highest BCUT2D eigenvalue weighted by Gasteiger charge is 2.18. The SMILES string of the molecule is CC(Cc1cccs1)N(C)c1nccnc1C(N)=NO. The Balaban J connectivity index is 2.22. The summed E-state index contributed by atoms with van der Waals surface area (Å²) < 4.78 is 0. The summed E-state index contributed by atoms with van der Waals surface area (Å²) in [5, 5.41) is 13.9. The Morgan fingerprint density at radius 3 is 2.90 bits per heavy atom. The largest absolute Gasteiger partial charge is 0.409 e. The van der Waals surface area contributed by atoms with Crippen LogP contribution in [-0.2, 0) is 6.42 Å². The second-order valence-corrected chi connectivity index (χ2v) is 5.49. The quantitative estimate of drug-likeness (QED) is 0.379. The molecular weight excluding hydrogens is 274 g/mol. The van der Waals surface area contributed by atoms with Gasteiger partial charge in [-0.05, 0) is 18.4 Å². The number of anilines is 1. The van der Waals surface area contributed by atoms with Gasteiger partial charge in [-0.2, -0.15) is 0 Å². The number of oxime groups is 1. The maximum atomic E-state index is 8.82. The first kappa shape index (κ1) is 14.3. The Morgan fingerprint density at radius 2 is 2.25 bits per heavy atom. The molecule has 2 rings (SSSR count). The molecule has 0 aliphatic heterocycles. The molecule has 1 unspecified atom stereocenters. The van der Waals surface area contributed by atoms with Gasteiger partial charge in [0, 0.05) is 36.8 Å². The minimum absolute atomic E-state index is 0.0386. The number of hydrogen-bond acceptors (Lipinski definition) is 6. The molecule has 2 aromatic rings. The van der Waals surface area contributed by atoms with Crippen LogP contribution >= 0.6 is 11.3 Å². The number of hydrogen-bond donors (Lipinski definition) is 2. The summed E-state index contributed by atoms with van der Waals surface area (Å²) in [6, 6.07) is 4.36. The molecule has 0 aliphatic carbocycles. The first-order valence-corrected chi connectivity index (χ1v) is 7.05. The minimum atomic E-state index is -0.0386. The van der Waals surface area contributed by atoms with Crippen molar-refractivity contribution in [1.82, 2.24) is 9.97 Å². The molecule has 3 N–H and O–H groups in total. The van der Waals surface area contributed by atoms with Crippen LogP contribution in [0.4, 0.5) is 5.82 Å². The number of nitrogens with zero attached hydrogens (tertiary/aromatic N) is 4. The molecular formula is C13H17N5OS. The summed E-state index contributed by atoms with van der Waals surface area (Å²) in [6.07, 6.45) is 4.02. The molecule has 0 saturated carbocycles. The van der Waals surface area contributed by atoms with Gasteiger partial charge in [0.05, 0.1) is 0 Å². The van der Waals surface area contributed by atoms with Crippen molar-refractivity contribution in [2.24, 2.45) is 10.9 Å². The van der Waals surface area contributed by atoms with Crippen LogP contribution < -0.4 is 10.6 Å². The third-order valence-corrected chi connectivity index (χ3v) is 4.00. The van der Waals surface area contributed by atoms with E-state index < -0.39 is 0 Å². The molecule has 6 nitrogen and oxygen atoms in total. The van der Waals surface area contributed by atoms with Crippen LogP contribution in [0.5, 0.6) is 0 Å². The van der Waals surface area contributed by atoms with E-state index in [0.717, 1.165) is 6.42 Å². The van der Waals surface area contributed by atoms with E-state index in [1.54, 1.807) is 17.5 Å². The lowest BCUT2D eigenvalue weighted by molar-refractivity contribution is 0.318. The van der Waals surface area contributed by atoms with E-state index in [1.807, 2.05) is 18.0 Å². The molecule has 1 atom stereocenters. The van der Waals surface area contributed by atoms with Gasteiger partial charge in [0.15, 0.2) is 17.3 Å². The molecule has 2 heterocycles. The Labute approximate surface area is 121 Å². The highest BCUT2D eigenvalue weighted by atomic mass is 32.1. The molecule has 0 aliphatic rings. The zero-order valence-electron chi connectivity index (χ0n) is 11.4. The second-order valence-electron chi connectivity index (χ2n) is 4.46. The summed E-state index contributed by atoms with van der Waals surface area (Å²) >= 11 is 1.73. The van der Waals surface area contributed by atoms with Gasteiger partial charge >= 0.3 is 0 Å². The van der Waals surface area contributed by atoms with E-state index in [2.05, 4.69) is 33.5 Å². The van der Waals surface area contributed by atoms with E-state index >= 15 is 0 Å². The standard InChI is InChI=1S/C13H17N5OS/c1-9(8-10-4-3-7-20-10)18(2)13-11(12(14)17-19)15-5-6-16-13/h3-7,9,19H,8H2,1-2H3,(H2,14,17). The number of aromatic nitrogens is 2. The van der Waals surface area contributed by atoms with E-state index in [0.29, 0.717) is 11.5 Å². The molecule has 2 aromatic heterocycles. The maximum absolute atomic E-state index is 8.82. The Kier molecular flexibility index (Phi) is 4.52. The zero-order chi connectivity index (χ0) is 14.5. The van der Waals surface area contributed by atoms with E-state index in [1.165, 1.54) is 11.1 Å². The van der Waals surface area contributed by atoms with Crippen molar-refractivity contribution >= 4 is 23.0 Å². The monoisotopic (exact) mass is 291 g/mol. The predicted molar refractivity (Wildman–Crippen MR) is 80.4 cm³/mol. The van der Waals surface area contributed by atoms with Crippen molar-refractivity contribution in [2.45, 2.75) is 19.4 Å². The zero-order valence-corrected chi connectivity index (χ0v) is 12.2. The normalized spacial score (nSPS) is 13.2. The van der Waals surface area contributed by atoms with Crippen LogP contribution in [0.1, 0.15) is 17.5 Å². The highest BCUT2D eigenvalue weighted by molar-refractivity contribution is 7.09. The third kappa shape index (κ3) is 3.05. The maximum Gasteiger partial charge on any atom is 0.192 e.